The fourth-order valence-corrected chi connectivity index (χ4v) is 2.24. The number of ketones is 1. The summed E-state index contributed by atoms with van der Waals surface area (Å²) in [4.78, 5) is 28.8. The van der Waals surface area contributed by atoms with E-state index in [4.69, 9.17) is 4.74 Å². The van der Waals surface area contributed by atoms with Crippen molar-refractivity contribution in [3.63, 3.8) is 0 Å². The highest BCUT2D eigenvalue weighted by Crippen LogP contribution is 2.39. The molecule has 0 aromatic carbocycles. The van der Waals surface area contributed by atoms with Gasteiger partial charge < -0.3 is 9.84 Å². The summed E-state index contributed by atoms with van der Waals surface area (Å²) < 4.78 is 4.95. The van der Waals surface area contributed by atoms with Crippen molar-refractivity contribution >= 4 is 11.8 Å². The zero-order valence-electron chi connectivity index (χ0n) is 13.2. The average Bonchev–Trinajstić information content (AvgIpc) is 2.46. The predicted molar refractivity (Wildman–Crippen MR) is 78.4 cm³/mol. The number of aliphatic hydroxyl groups excluding tert-OH is 1. The summed E-state index contributed by atoms with van der Waals surface area (Å²) in [5.41, 5.74) is -2.09. The fraction of sp³-hybridized carbons (Fsp3) is 0.562. The average molecular weight is 293 g/mol. The zero-order chi connectivity index (χ0) is 16.3. The van der Waals surface area contributed by atoms with E-state index in [9.17, 15) is 14.7 Å². The van der Waals surface area contributed by atoms with Crippen LogP contribution in [0.15, 0.2) is 24.4 Å². The number of carbonyl (C=O) groups is 2. The number of esters is 1. The maximum atomic E-state index is 12.7. The van der Waals surface area contributed by atoms with Gasteiger partial charge in [-0.1, -0.05) is 6.07 Å². The molecule has 0 aliphatic rings. The molecule has 0 aliphatic carbocycles. The molecule has 1 heterocycles. The fourth-order valence-electron chi connectivity index (χ4n) is 2.24. The van der Waals surface area contributed by atoms with Gasteiger partial charge in [-0.3, -0.25) is 14.6 Å². The standard InChI is InChI=1S/C16H23NO4/c1-6-21-14(20)16(4,5)13(19)15(2,3)12(18)11-9-7-8-10-17-11/h7-10,12,18H,6H2,1-5H3/t12-/m0/s1. The Morgan fingerprint density at radius 3 is 2.38 bits per heavy atom. The minimum absolute atomic E-state index is 0.207. The smallest absolute Gasteiger partial charge is 0.319 e. The van der Waals surface area contributed by atoms with Gasteiger partial charge in [-0.05, 0) is 46.8 Å². The second-order valence-electron chi connectivity index (χ2n) is 6.05. The van der Waals surface area contributed by atoms with Gasteiger partial charge in [0.05, 0.1) is 17.7 Å². The Balaban J connectivity index is 3.06. The van der Waals surface area contributed by atoms with Crippen LogP contribution >= 0.6 is 0 Å². The van der Waals surface area contributed by atoms with E-state index in [1.165, 1.54) is 13.8 Å². The molecule has 0 saturated heterocycles. The number of nitrogens with zero attached hydrogens (tertiary/aromatic N) is 1. The molecule has 0 bridgehead atoms. The highest BCUT2D eigenvalue weighted by molar-refractivity contribution is 6.05. The number of aliphatic hydroxyl groups is 1. The Labute approximate surface area is 125 Å². The first-order valence-corrected chi connectivity index (χ1v) is 6.96. The Hall–Kier alpha value is -1.75. The SMILES string of the molecule is CCOC(=O)C(C)(C)C(=O)C(C)(C)[C@@H](O)c1ccccn1. The summed E-state index contributed by atoms with van der Waals surface area (Å²) in [6, 6.07) is 5.12. The van der Waals surface area contributed by atoms with Gasteiger partial charge in [-0.25, -0.2) is 0 Å². The Morgan fingerprint density at radius 1 is 1.29 bits per heavy atom. The van der Waals surface area contributed by atoms with E-state index < -0.39 is 22.9 Å². The van der Waals surface area contributed by atoms with Crippen LogP contribution in [0.4, 0.5) is 0 Å². The first-order chi connectivity index (χ1) is 9.65. The van der Waals surface area contributed by atoms with E-state index >= 15 is 0 Å². The molecule has 0 aliphatic heterocycles. The van der Waals surface area contributed by atoms with Crippen LogP contribution in [-0.4, -0.2) is 28.4 Å². The van der Waals surface area contributed by atoms with Crippen LogP contribution in [-0.2, 0) is 14.3 Å². The van der Waals surface area contributed by atoms with Gasteiger partial charge in [0, 0.05) is 6.20 Å². The molecule has 0 spiro atoms. The van der Waals surface area contributed by atoms with Crippen molar-refractivity contribution in [1.29, 1.82) is 0 Å². The van der Waals surface area contributed by atoms with Crippen LogP contribution in [0.5, 0.6) is 0 Å². The highest BCUT2D eigenvalue weighted by Gasteiger charge is 2.49. The molecular weight excluding hydrogens is 270 g/mol. The molecule has 1 atom stereocenters. The summed E-state index contributed by atoms with van der Waals surface area (Å²) in [6.45, 7) is 8.14. The Morgan fingerprint density at radius 2 is 1.90 bits per heavy atom. The molecule has 1 rings (SSSR count). The molecule has 21 heavy (non-hydrogen) atoms. The lowest BCUT2D eigenvalue weighted by atomic mass is 9.70. The number of hydrogen-bond acceptors (Lipinski definition) is 5. The minimum Gasteiger partial charge on any atom is -0.465 e. The summed E-state index contributed by atoms with van der Waals surface area (Å²) in [5, 5.41) is 10.5. The second kappa shape index (κ2) is 6.35. The van der Waals surface area contributed by atoms with Crippen molar-refractivity contribution in [2.45, 2.75) is 40.7 Å². The molecule has 0 fully saturated rings. The molecule has 1 aromatic heterocycles. The number of carbonyl (C=O) groups excluding carboxylic acids is 2. The number of aromatic nitrogens is 1. The topological polar surface area (TPSA) is 76.5 Å². The van der Waals surface area contributed by atoms with E-state index in [-0.39, 0.29) is 12.4 Å². The minimum atomic E-state index is -1.32. The summed E-state index contributed by atoms with van der Waals surface area (Å²) in [6.07, 6.45) is 0.454. The molecule has 1 aromatic rings. The molecule has 0 unspecified atom stereocenters. The van der Waals surface area contributed by atoms with E-state index in [2.05, 4.69) is 4.98 Å². The maximum absolute atomic E-state index is 12.7. The first kappa shape index (κ1) is 17.3. The zero-order valence-corrected chi connectivity index (χ0v) is 13.2. The van der Waals surface area contributed by atoms with Crippen molar-refractivity contribution in [2.75, 3.05) is 6.61 Å². The molecule has 0 saturated carbocycles. The number of ether oxygens (including phenoxy) is 1. The largest absolute Gasteiger partial charge is 0.465 e. The molecular formula is C16H23NO4. The molecule has 5 heteroatoms. The third-order valence-corrected chi connectivity index (χ3v) is 3.59. The number of Topliss-reactive ketones (excluding diaryl/α,β-unsaturated/α-hetero) is 1. The summed E-state index contributed by atoms with van der Waals surface area (Å²) >= 11 is 0. The highest BCUT2D eigenvalue weighted by atomic mass is 16.5. The van der Waals surface area contributed by atoms with Crippen LogP contribution in [0, 0.1) is 10.8 Å². The third-order valence-electron chi connectivity index (χ3n) is 3.59. The first-order valence-electron chi connectivity index (χ1n) is 6.96. The molecule has 0 amide bonds. The van der Waals surface area contributed by atoms with Gasteiger partial charge in [0.15, 0.2) is 5.78 Å². The quantitative estimate of drug-likeness (QED) is 0.643. The van der Waals surface area contributed by atoms with E-state index in [0.29, 0.717) is 5.69 Å². The Kier molecular flexibility index (Phi) is 5.23. The molecule has 5 nitrogen and oxygen atoms in total. The van der Waals surface area contributed by atoms with Gasteiger partial charge in [-0.2, -0.15) is 0 Å². The number of hydrogen-bond donors (Lipinski definition) is 1. The van der Waals surface area contributed by atoms with Gasteiger partial charge in [-0.15, -0.1) is 0 Å². The van der Waals surface area contributed by atoms with Crippen molar-refractivity contribution < 1.29 is 19.4 Å². The van der Waals surface area contributed by atoms with Crippen LogP contribution in [0.25, 0.3) is 0 Å². The van der Waals surface area contributed by atoms with Crippen LogP contribution in [0.3, 0.4) is 0 Å². The summed E-state index contributed by atoms with van der Waals surface area (Å²) in [7, 11) is 0. The van der Waals surface area contributed by atoms with Crippen LogP contribution in [0.2, 0.25) is 0 Å². The van der Waals surface area contributed by atoms with Gasteiger partial charge >= 0.3 is 5.97 Å². The van der Waals surface area contributed by atoms with Gasteiger partial charge in [0.1, 0.15) is 11.5 Å². The number of pyridine rings is 1. The third kappa shape index (κ3) is 3.47. The van der Waals surface area contributed by atoms with Crippen molar-refractivity contribution in [3.05, 3.63) is 30.1 Å². The second-order valence-corrected chi connectivity index (χ2v) is 6.05. The van der Waals surface area contributed by atoms with Crippen molar-refractivity contribution in [1.82, 2.24) is 4.98 Å². The van der Waals surface area contributed by atoms with E-state index in [1.807, 2.05) is 0 Å². The van der Waals surface area contributed by atoms with Crippen LogP contribution < -0.4 is 0 Å². The normalized spacial score (nSPS) is 13.6. The lowest BCUT2D eigenvalue weighted by Crippen LogP contribution is -2.45. The van der Waals surface area contributed by atoms with Gasteiger partial charge in [0.2, 0.25) is 0 Å². The van der Waals surface area contributed by atoms with Crippen molar-refractivity contribution in [3.8, 4) is 0 Å². The molecule has 1 N–H and O–H groups in total. The lowest BCUT2D eigenvalue weighted by molar-refractivity contribution is -0.163. The Bertz CT molecular complexity index is 508. The molecule has 0 radical (unpaired) electrons. The molecule has 116 valence electrons. The van der Waals surface area contributed by atoms with Gasteiger partial charge in [0.25, 0.3) is 0 Å². The van der Waals surface area contributed by atoms with E-state index in [0.717, 1.165) is 0 Å². The van der Waals surface area contributed by atoms with Crippen molar-refractivity contribution in [2.24, 2.45) is 10.8 Å². The van der Waals surface area contributed by atoms with E-state index in [1.54, 1.807) is 45.2 Å². The number of rotatable bonds is 6. The summed E-state index contributed by atoms with van der Waals surface area (Å²) in [5.74, 6) is -0.970. The monoisotopic (exact) mass is 293 g/mol. The predicted octanol–water partition coefficient (Wildman–Crippen LogP) is 2.30. The maximum Gasteiger partial charge on any atom is 0.319 e. The lowest BCUT2D eigenvalue weighted by Gasteiger charge is -2.34. The van der Waals surface area contributed by atoms with Crippen LogP contribution in [0.1, 0.15) is 46.4 Å².